The summed E-state index contributed by atoms with van der Waals surface area (Å²) in [6.45, 7) is 0.398. The molecule has 0 spiro atoms. The molecule has 28 heavy (non-hydrogen) atoms. The molecule has 0 amide bonds. The van der Waals surface area contributed by atoms with Gasteiger partial charge in [0.15, 0.2) is 16.7 Å². The van der Waals surface area contributed by atoms with Gasteiger partial charge in [-0.3, -0.25) is 4.72 Å². The highest BCUT2D eigenvalue weighted by atomic mass is 35.5. The van der Waals surface area contributed by atoms with Gasteiger partial charge in [-0.05, 0) is 12.1 Å². The van der Waals surface area contributed by atoms with Crippen molar-refractivity contribution in [3.63, 3.8) is 0 Å². The topological polar surface area (TPSA) is 124 Å². The Hall–Kier alpha value is -2.27. The Morgan fingerprint density at radius 1 is 1.18 bits per heavy atom. The smallest absolute Gasteiger partial charge is 0.337 e. The molecule has 2 rings (SSSR count). The van der Waals surface area contributed by atoms with E-state index in [1.165, 1.54) is 26.4 Å². The largest absolute Gasteiger partial charge is 0.493 e. The summed E-state index contributed by atoms with van der Waals surface area (Å²) in [4.78, 5) is 14.9. The highest BCUT2D eigenvalue weighted by Gasteiger charge is 2.24. The number of aromatic nitrogens is 1. The molecule has 0 fully saturated rings. The van der Waals surface area contributed by atoms with Gasteiger partial charge in [-0.2, -0.15) is 0 Å². The van der Waals surface area contributed by atoms with Gasteiger partial charge in [-0.1, -0.05) is 23.2 Å². The van der Waals surface area contributed by atoms with Crippen molar-refractivity contribution in [3.05, 3.63) is 40.1 Å². The molecule has 1 aromatic carbocycles. The maximum Gasteiger partial charge on any atom is 0.337 e. The first-order valence-electron chi connectivity index (χ1n) is 7.61. The van der Waals surface area contributed by atoms with Crippen LogP contribution < -0.4 is 14.2 Å². The molecule has 2 aromatic rings. The Kier molecular flexibility index (Phi) is 7.30. The van der Waals surface area contributed by atoms with Crippen LogP contribution in [-0.2, 0) is 14.8 Å². The number of carboxylic acid groups (broad SMARTS) is 1. The van der Waals surface area contributed by atoms with Crippen LogP contribution >= 0.6 is 23.2 Å². The molecule has 9 nitrogen and oxygen atoms in total. The third-order valence-electron chi connectivity index (χ3n) is 3.39. The fourth-order valence-corrected chi connectivity index (χ4v) is 3.86. The third-order valence-corrected chi connectivity index (χ3v) is 5.40. The predicted molar refractivity (Wildman–Crippen MR) is 102 cm³/mol. The average molecular weight is 451 g/mol. The van der Waals surface area contributed by atoms with Gasteiger partial charge in [-0.15, -0.1) is 0 Å². The third kappa shape index (κ3) is 5.16. The number of methoxy groups -OCH3 is 2. The van der Waals surface area contributed by atoms with E-state index in [1.807, 2.05) is 0 Å². The molecule has 0 aliphatic heterocycles. The van der Waals surface area contributed by atoms with Crippen LogP contribution in [0.1, 0.15) is 10.4 Å². The molecule has 1 heterocycles. The number of carboxylic acids is 1. The zero-order chi connectivity index (χ0) is 20.9. The number of carbonyl (C=O) groups is 1. The molecule has 0 atom stereocenters. The molecule has 0 saturated heterocycles. The minimum atomic E-state index is -4.27. The van der Waals surface area contributed by atoms with Crippen LogP contribution in [0.25, 0.3) is 0 Å². The molecule has 0 aliphatic carbocycles. The monoisotopic (exact) mass is 450 g/mol. The maximum absolute atomic E-state index is 12.7. The minimum Gasteiger partial charge on any atom is -0.493 e. The van der Waals surface area contributed by atoms with Crippen molar-refractivity contribution in [1.82, 2.24) is 4.98 Å². The summed E-state index contributed by atoms with van der Waals surface area (Å²) in [5, 5.41) is 9.09. The summed E-state index contributed by atoms with van der Waals surface area (Å²) in [7, 11) is -1.46. The van der Waals surface area contributed by atoms with Crippen LogP contribution in [0.4, 0.5) is 5.69 Å². The highest BCUT2D eigenvalue weighted by molar-refractivity contribution is 7.92. The van der Waals surface area contributed by atoms with E-state index in [0.29, 0.717) is 0 Å². The molecule has 0 radical (unpaired) electrons. The zero-order valence-electron chi connectivity index (χ0n) is 14.7. The second-order valence-corrected chi connectivity index (χ2v) is 7.62. The lowest BCUT2D eigenvalue weighted by Gasteiger charge is -2.16. The van der Waals surface area contributed by atoms with Gasteiger partial charge in [0.1, 0.15) is 16.7 Å². The molecule has 0 bridgehead atoms. The normalized spacial score (nSPS) is 11.1. The van der Waals surface area contributed by atoms with E-state index < -0.39 is 16.0 Å². The number of anilines is 1. The zero-order valence-corrected chi connectivity index (χ0v) is 17.1. The first kappa shape index (κ1) is 22.0. The van der Waals surface area contributed by atoms with Gasteiger partial charge in [-0.25, -0.2) is 18.2 Å². The standard InChI is InChI=1S/C16H16Cl2N2O7S/c1-25-5-6-27-12-8-10(9(16(21)22)7-11(12)26-2)20-28(23,24)13-3-4-14(17)19-15(13)18/h3-4,7-8,20H,5-6H2,1-2H3,(H,21,22). The minimum absolute atomic E-state index is 0.00783. The molecule has 2 N–H and O–H groups in total. The number of benzene rings is 1. The molecular weight excluding hydrogens is 435 g/mol. The van der Waals surface area contributed by atoms with E-state index in [-0.39, 0.29) is 51.2 Å². The van der Waals surface area contributed by atoms with Crippen LogP contribution in [0.2, 0.25) is 10.3 Å². The Morgan fingerprint density at radius 3 is 2.46 bits per heavy atom. The fourth-order valence-electron chi connectivity index (χ4n) is 2.13. The lowest BCUT2D eigenvalue weighted by atomic mass is 10.1. The Morgan fingerprint density at radius 2 is 1.89 bits per heavy atom. The average Bonchev–Trinajstić information content (AvgIpc) is 2.61. The van der Waals surface area contributed by atoms with E-state index in [1.54, 1.807) is 0 Å². The number of ether oxygens (including phenoxy) is 3. The van der Waals surface area contributed by atoms with E-state index >= 15 is 0 Å². The number of nitrogens with zero attached hydrogens (tertiary/aromatic N) is 1. The van der Waals surface area contributed by atoms with Crippen molar-refractivity contribution >= 4 is 44.9 Å². The van der Waals surface area contributed by atoms with Crippen molar-refractivity contribution in [2.75, 3.05) is 32.2 Å². The van der Waals surface area contributed by atoms with Crippen molar-refractivity contribution in [2.45, 2.75) is 4.90 Å². The summed E-state index contributed by atoms with van der Waals surface area (Å²) in [5.41, 5.74) is -0.593. The lowest BCUT2D eigenvalue weighted by molar-refractivity contribution is 0.0697. The van der Waals surface area contributed by atoms with Gasteiger partial charge in [0, 0.05) is 19.2 Å². The number of nitrogens with one attached hydrogen (secondary N) is 1. The molecule has 0 aliphatic rings. The second kappa shape index (κ2) is 9.28. The van der Waals surface area contributed by atoms with Crippen molar-refractivity contribution in [1.29, 1.82) is 0 Å². The Bertz CT molecular complexity index is 983. The van der Waals surface area contributed by atoms with Gasteiger partial charge in [0.25, 0.3) is 10.0 Å². The van der Waals surface area contributed by atoms with E-state index in [0.717, 1.165) is 12.1 Å². The van der Waals surface area contributed by atoms with E-state index in [4.69, 9.17) is 37.4 Å². The molecule has 152 valence electrons. The molecule has 0 unspecified atom stereocenters. The number of hydrogen-bond acceptors (Lipinski definition) is 7. The summed E-state index contributed by atoms with van der Waals surface area (Å²) in [6, 6.07) is 4.74. The first-order valence-corrected chi connectivity index (χ1v) is 9.85. The van der Waals surface area contributed by atoms with Crippen LogP contribution in [0.3, 0.4) is 0 Å². The Labute approximate surface area is 171 Å². The van der Waals surface area contributed by atoms with Crippen molar-refractivity contribution in [2.24, 2.45) is 0 Å². The maximum atomic E-state index is 12.7. The number of pyridine rings is 1. The van der Waals surface area contributed by atoms with Crippen LogP contribution in [0.5, 0.6) is 11.5 Å². The van der Waals surface area contributed by atoms with Crippen molar-refractivity contribution in [3.8, 4) is 11.5 Å². The highest BCUT2D eigenvalue weighted by Crippen LogP contribution is 2.35. The number of aromatic carboxylic acids is 1. The molecule has 0 saturated carbocycles. The van der Waals surface area contributed by atoms with E-state index in [2.05, 4.69) is 9.71 Å². The summed E-state index contributed by atoms with van der Waals surface area (Å²) in [6.07, 6.45) is 0. The fraction of sp³-hybridized carbons (Fsp3) is 0.250. The number of sulfonamides is 1. The summed E-state index contributed by atoms with van der Waals surface area (Å²) in [5.74, 6) is -1.13. The second-order valence-electron chi connectivity index (χ2n) is 5.22. The van der Waals surface area contributed by atoms with Gasteiger partial charge in [0.2, 0.25) is 0 Å². The van der Waals surface area contributed by atoms with E-state index in [9.17, 15) is 18.3 Å². The molecule has 12 heteroatoms. The van der Waals surface area contributed by atoms with Crippen LogP contribution in [-0.4, -0.2) is 51.9 Å². The van der Waals surface area contributed by atoms with Gasteiger partial charge in [0.05, 0.1) is 25.0 Å². The molecular formula is C16H16Cl2N2O7S. The quantitative estimate of drug-likeness (QED) is 0.441. The predicted octanol–water partition coefficient (Wildman–Crippen LogP) is 2.92. The summed E-state index contributed by atoms with van der Waals surface area (Å²) < 4.78 is 43.0. The lowest BCUT2D eigenvalue weighted by Crippen LogP contribution is -2.17. The Balaban J connectivity index is 2.49. The van der Waals surface area contributed by atoms with Gasteiger partial charge >= 0.3 is 5.97 Å². The van der Waals surface area contributed by atoms with Gasteiger partial charge < -0.3 is 19.3 Å². The SMILES string of the molecule is COCCOc1cc(NS(=O)(=O)c2ccc(Cl)nc2Cl)c(C(=O)O)cc1OC. The first-order chi connectivity index (χ1) is 13.2. The number of rotatable bonds is 9. The number of hydrogen-bond donors (Lipinski definition) is 2. The summed E-state index contributed by atoms with van der Waals surface area (Å²) >= 11 is 11.5. The van der Waals surface area contributed by atoms with Crippen LogP contribution in [0.15, 0.2) is 29.2 Å². The van der Waals surface area contributed by atoms with Crippen molar-refractivity contribution < 1.29 is 32.5 Å². The number of halogens is 2. The molecule has 1 aromatic heterocycles. The van der Waals surface area contributed by atoms with Crippen LogP contribution in [0, 0.1) is 0 Å².